The van der Waals surface area contributed by atoms with Crippen LogP contribution in [0.15, 0.2) is 17.6 Å². The smallest absolute Gasteiger partial charge is 0.187 e. The van der Waals surface area contributed by atoms with Crippen molar-refractivity contribution >= 4 is 11.8 Å². The van der Waals surface area contributed by atoms with Gasteiger partial charge in [-0.2, -0.15) is 0 Å². The molecule has 0 aromatic carbocycles. The lowest BCUT2D eigenvalue weighted by Gasteiger charge is -2.04. The molecule has 0 radical (unpaired) electrons. The molecule has 0 aliphatic rings. The monoisotopic (exact) mass is 271 g/mol. The maximum absolute atomic E-state index is 4.99. The summed E-state index contributed by atoms with van der Waals surface area (Å²) in [6.45, 7) is 3.12. The van der Waals surface area contributed by atoms with Gasteiger partial charge < -0.3 is 14.8 Å². The van der Waals surface area contributed by atoms with E-state index in [4.69, 9.17) is 9.47 Å². The van der Waals surface area contributed by atoms with Crippen molar-refractivity contribution in [3.63, 3.8) is 0 Å². The molecule has 18 heavy (non-hydrogen) atoms. The maximum atomic E-state index is 4.99. The zero-order valence-electron chi connectivity index (χ0n) is 11.0. The molecule has 0 amide bonds. The first-order valence-electron chi connectivity index (χ1n) is 5.99. The lowest BCUT2D eigenvalue weighted by atomic mass is 10.3. The molecule has 0 fully saturated rings. The molecule has 0 bridgehead atoms. The molecule has 0 atom stereocenters. The first kappa shape index (κ1) is 15.4. The van der Waals surface area contributed by atoms with Crippen LogP contribution in [-0.4, -0.2) is 49.7 Å². The van der Waals surface area contributed by atoms with E-state index in [0.717, 1.165) is 42.6 Å². The lowest BCUT2D eigenvalue weighted by Crippen LogP contribution is -2.18. The minimum atomic E-state index is 0.717. The van der Waals surface area contributed by atoms with E-state index in [9.17, 15) is 0 Å². The van der Waals surface area contributed by atoms with Crippen LogP contribution in [0.25, 0.3) is 0 Å². The molecule has 1 N–H and O–H groups in total. The number of rotatable bonds is 10. The number of hydrogen-bond donors (Lipinski definition) is 1. The van der Waals surface area contributed by atoms with Gasteiger partial charge in [0.25, 0.3) is 0 Å². The molecular formula is C12H21N3O2S. The van der Waals surface area contributed by atoms with Crippen LogP contribution in [-0.2, 0) is 16.0 Å². The Morgan fingerprint density at radius 3 is 2.56 bits per heavy atom. The van der Waals surface area contributed by atoms with Gasteiger partial charge in [-0.15, -0.1) is 0 Å². The van der Waals surface area contributed by atoms with Crippen molar-refractivity contribution in [1.82, 2.24) is 15.3 Å². The van der Waals surface area contributed by atoms with Crippen LogP contribution >= 0.6 is 11.8 Å². The number of ether oxygens (including phenoxy) is 2. The molecule has 102 valence electrons. The summed E-state index contributed by atoms with van der Waals surface area (Å²) >= 11 is 1.66. The number of methoxy groups -OCH3 is 2. The van der Waals surface area contributed by atoms with Gasteiger partial charge >= 0.3 is 0 Å². The van der Waals surface area contributed by atoms with E-state index in [2.05, 4.69) is 15.3 Å². The second-order valence-corrected chi connectivity index (χ2v) is 4.80. The van der Waals surface area contributed by atoms with Gasteiger partial charge in [-0.25, -0.2) is 9.97 Å². The summed E-state index contributed by atoms with van der Waals surface area (Å²) in [5, 5.41) is 4.08. The Kier molecular flexibility index (Phi) is 8.75. The van der Waals surface area contributed by atoms with Crippen molar-refractivity contribution < 1.29 is 9.47 Å². The fourth-order valence-electron chi connectivity index (χ4n) is 1.28. The largest absolute Gasteiger partial charge is 0.385 e. The third kappa shape index (κ3) is 6.90. The average Bonchev–Trinajstić information content (AvgIpc) is 2.41. The van der Waals surface area contributed by atoms with Gasteiger partial charge in [0, 0.05) is 57.6 Å². The molecule has 0 unspecified atom stereocenters. The topological polar surface area (TPSA) is 56.3 Å². The Morgan fingerprint density at radius 1 is 1.17 bits per heavy atom. The van der Waals surface area contributed by atoms with E-state index in [0.29, 0.717) is 6.61 Å². The highest BCUT2D eigenvalue weighted by molar-refractivity contribution is 7.99. The summed E-state index contributed by atoms with van der Waals surface area (Å²) in [5.74, 6) is 0.985. The number of nitrogens with zero attached hydrogens (tertiary/aromatic N) is 2. The van der Waals surface area contributed by atoms with Crippen molar-refractivity contribution in [3.05, 3.63) is 18.0 Å². The van der Waals surface area contributed by atoms with Crippen LogP contribution in [0.5, 0.6) is 0 Å². The van der Waals surface area contributed by atoms with Gasteiger partial charge in [-0.05, 0) is 6.42 Å². The minimum Gasteiger partial charge on any atom is -0.385 e. The van der Waals surface area contributed by atoms with Crippen LogP contribution < -0.4 is 5.32 Å². The highest BCUT2D eigenvalue weighted by Gasteiger charge is 1.98. The fraction of sp³-hybridized carbons (Fsp3) is 0.667. The summed E-state index contributed by atoms with van der Waals surface area (Å²) in [4.78, 5) is 8.63. The average molecular weight is 271 g/mol. The second-order valence-electron chi connectivity index (χ2n) is 3.74. The van der Waals surface area contributed by atoms with E-state index in [-0.39, 0.29) is 0 Å². The number of aromatic nitrogens is 2. The number of hydrogen-bond acceptors (Lipinski definition) is 6. The molecular weight excluding hydrogens is 250 g/mol. The predicted octanol–water partition coefficient (Wildman–Crippen LogP) is 1.34. The van der Waals surface area contributed by atoms with Crippen LogP contribution in [0.2, 0.25) is 0 Å². The van der Waals surface area contributed by atoms with E-state index >= 15 is 0 Å². The predicted molar refractivity (Wildman–Crippen MR) is 72.8 cm³/mol. The van der Waals surface area contributed by atoms with E-state index in [1.807, 2.05) is 12.4 Å². The van der Waals surface area contributed by atoms with Gasteiger partial charge in [-0.1, -0.05) is 11.8 Å². The zero-order chi connectivity index (χ0) is 13.1. The summed E-state index contributed by atoms with van der Waals surface area (Å²) < 4.78 is 9.95. The number of thioether (sulfide) groups is 1. The molecule has 0 spiro atoms. The molecule has 0 aliphatic heterocycles. The van der Waals surface area contributed by atoms with Crippen LogP contribution in [0.1, 0.15) is 12.0 Å². The normalized spacial score (nSPS) is 10.8. The molecule has 0 saturated heterocycles. The van der Waals surface area contributed by atoms with E-state index < -0.39 is 0 Å². The molecule has 6 heteroatoms. The summed E-state index contributed by atoms with van der Waals surface area (Å²) in [7, 11) is 3.41. The quantitative estimate of drug-likeness (QED) is 0.394. The molecule has 1 aromatic rings. The summed E-state index contributed by atoms with van der Waals surface area (Å²) in [6, 6.07) is 0. The Hall–Kier alpha value is -0.690. The van der Waals surface area contributed by atoms with Crippen molar-refractivity contribution in [2.24, 2.45) is 0 Å². The first-order valence-corrected chi connectivity index (χ1v) is 6.97. The van der Waals surface area contributed by atoms with E-state index in [1.54, 1.807) is 26.0 Å². The summed E-state index contributed by atoms with van der Waals surface area (Å²) in [6.07, 6.45) is 4.75. The Labute approximate surface area is 113 Å². The van der Waals surface area contributed by atoms with Crippen molar-refractivity contribution in [1.29, 1.82) is 0 Å². The third-order valence-corrected chi connectivity index (χ3v) is 3.18. The van der Waals surface area contributed by atoms with Gasteiger partial charge in [-0.3, -0.25) is 0 Å². The highest BCUT2D eigenvalue weighted by atomic mass is 32.2. The Balaban J connectivity index is 2.20. The summed E-state index contributed by atoms with van der Waals surface area (Å²) in [5.41, 5.74) is 1.09. The minimum absolute atomic E-state index is 0.717. The van der Waals surface area contributed by atoms with Crippen LogP contribution in [0, 0.1) is 0 Å². The first-order chi connectivity index (χ1) is 8.86. The molecule has 5 nitrogen and oxygen atoms in total. The Bertz CT molecular complexity index is 278. The number of nitrogens with one attached hydrogen (secondary N) is 1. The van der Waals surface area contributed by atoms with Gasteiger partial charge in [0.2, 0.25) is 0 Å². The Morgan fingerprint density at radius 2 is 1.89 bits per heavy atom. The standard InChI is InChI=1S/C12H21N3O2S/c1-16-5-3-7-18-12-14-9-11(10-15-12)8-13-4-6-17-2/h9-10,13H,3-8H2,1-2H3. The lowest BCUT2D eigenvalue weighted by molar-refractivity contribution is 0.199. The van der Waals surface area contributed by atoms with Crippen LogP contribution in [0.3, 0.4) is 0 Å². The van der Waals surface area contributed by atoms with Crippen molar-refractivity contribution in [3.8, 4) is 0 Å². The SMILES string of the molecule is COCCCSc1ncc(CNCCOC)cn1. The van der Waals surface area contributed by atoms with E-state index in [1.165, 1.54) is 0 Å². The van der Waals surface area contributed by atoms with Gasteiger partial charge in [0.05, 0.1) is 6.61 Å². The molecule has 1 aromatic heterocycles. The second kappa shape index (κ2) is 10.3. The fourth-order valence-corrected chi connectivity index (χ4v) is 1.98. The van der Waals surface area contributed by atoms with Crippen LogP contribution in [0.4, 0.5) is 0 Å². The van der Waals surface area contributed by atoms with Gasteiger partial charge in [0.1, 0.15) is 0 Å². The zero-order valence-corrected chi connectivity index (χ0v) is 11.8. The van der Waals surface area contributed by atoms with Crippen molar-refractivity contribution in [2.45, 2.75) is 18.1 Å². The molecule has 1 heterocycles. The molecule has 1 rings (SSSR count). The van der Waals surface area contributed by atoms with Gasteiger partial charge in [0.15, 0.2) is 5.16 Å². The highest BCUT2D eigenvalue weighted by Crippen LogP contribution is 2.12. The molecule has 0 saturated carbocycles. The molecule has 0 aliphatic carbocycles. The maximum Gasteiger partial charge on any atom is 0.187 e. The third-order valence-electron chi connectivity index (χ3n) is 2.22. The van der Waals surface area contributed by atoms with Crippen molar-refractivity contribution in [2.75, 3.05) is 39.7 Å².